The highest BCUT2D eigenvalue weighted by atomic mass is 35.5. The van der Waals surface area contributed by atoms with E-state index in [-0.39, 0.29) is 12.1 Å². The van der Waals surface area contributed by atoms with Gasteiger partial charge in [-0.2, -0.15) is 0 Å². The molecule has 3 rings (SSSR count). The van der Waals surface area contributed by atoms with Crippen LogP contribution in [0.1, 0.15) is 12.0 Å². The van der Waals surface area contributed by atoms with E-state index >= 15 is 0 Å². The zero-order valence-electron chi connectivity index (χ0n) is 17.5. The number of amides is 2. The lowest BCUT2D eigenvalue weighted by atomic mass is 10.2. The summed E-state index contributed by atoms with van der Waals surface area (Å²) in [6.07, 6.45) is 0.882. The van der Waals surface area contributed by atoms with Crippen molar-refractivity contribution in [1.29, 1.82) is 0 Å². The van der Waals surface area contributed by atoms with E-state index in [1.165, 1.54) is 0 Å². The predicted octanol–water partition coefficient (Wildman–Crippen LogP) is 3.83. The number of carbonyl (C=O) groups is 1. The molecule has 0 aromatic heterocycles. The number of hydrogen-bond acceptors (Lipinski definition) is 4. The highest BCUT2D eigenvalue weighted by Crippen LogP contribution is 2.33. The van der Waals surface area contributed by atoms with Crippen LogP contribution in [0.2, 0.25) is 5.02 Å². The number of ether oxygens (including phenoxy) is 1. The number of urea groups is 1. The normalized spacial score (nSPS) is 15.9. The van der Waals surface area contributed by atoms with E-state index in [0.29, 0.717) is 11.6 Å². The number of benzene rings is 2. The van der Waals surface area contributed by atoms with Crippen LogP contribution < -0.4 is 19.9 Å². The maximum atomic E-state index is 12.6. The lowest BCUT2D eigenvalue weighted by molar-refractivity contribution is 0.203. The van der Waals surface area contributed by atoms with Crippen LogP contribution in [-0.2, 0) is 6.54 Å². The number of methoxy groups -OCH3 is 1. The van der Waals surface area contributed by atoms with Crippen molar-refractivity contribution in [1.82, 2.24) is 10.2 Å². The van der Waals surface area contributed by atoms with Gasteiger partial charge in [-0.15, -0.1) is 0 Å². The zero-order valence-corrected chi connectivity index (χ0v) is 18.2. The Balaban J connectivity index is 1.55. The molecule has 0 spiro atoms. The minimum absolute atomic E-state index is 0.0633. The first-order valence-corrected chi connectivity index (χ1v) is 10.1. The molecular formula is C22H29ClN4O2. The third-order valence-corrected chi connectivity index (χ3v) is 5.45. The van der Waals surface area contributed by atoms with Gasteiger partial charge in [0.25, 0.3) is 0 Å². The third kappa shape index (κ3) is 5.26. The largest absolute Gasteiger partial charge is 0.495 e. The van der Waals surface area contributed by atoms with Crippen molar-refractivity contribution in [3.05, 3.63) is 53.1 Å². The van der Waals surface area contributed by atoms with E-state index in [1.807, 2.05) is 39.3 Å². The summed E-state index contributed by atoms with van der Waals surface area (Å²) in [7, 11) is 7.50. The molecule has 2 amide bonds. The Labute approximate surface area is 178 Å². The Bertz CT molecular complexity index is 841. The highest BCUT2D eigenvalue weighted by Gasteiger charge is 2.27. The molecule has 2 aromatic rings. The van der Waals surface area contributed by atoms with Crippen LogP contribution >= 0.6 is 11.6 Å². The smallest absolute Gasteiger partial charge is 0.317 e. The number of nitrogens with zero attached hydrogens (tertiary/aromatic N) is 3. The van der Waals surface area contributed by atoms with Crippen molar-refractivity contribution in [2.75, 3.05) is 51.1 Å². The summed E-state index contributed by atoms with van der Waals surface area (Å²) in [5.41, 5.74) is 3.21. The van der Waals surface area contributed by atoms with Gasteiger partial charge in [0.1, 0.15) is 5.75 Å². The van der Waals surface area contributed by atoms with Crippen molar-refractivity contribution in [2.24, 2.45) is 0 Å². The van der Waals surface area contributed by atoms with Crippen molar-refractivity contribution in [3.63, 3.8) is 0 Å². The Kier molecular flexibility index (Phi) is 6.75. The van der Waals surface area contributed by atoms with E-state index in [4.69, 9.17) is 16.3 Å². The molecule has 1 N–H and O–H groups in total. The van der Waals surface area contributed by atoms with E-state index in [1.54, 1.807) is 12.0 Å². The van der Waals surface area contributed by atoms with Crippen LogP contribution in [0.3, 0.4) is 0 Å². The molecular weight excluding hydrogens is 388 g/mol. The van der Waals surface area contributed by atoms with E-state index in [2.05, 4.69) is 39.4 Å². The fourth-order valence-corrected chi connectivity index (χ4v) is 3.70. The quantitative estimate of drug-likeness (QED) is 0.777. The van der Waals surface area contributed by atoms with Crippen molar-refractivity contribution in [2.45, 2.75) is 19.0 Å². The van der Waals surface area contributed by atoms with Gasteiger partial charge in [-0.25, -0.2) is 4.79 Å². The summed E-state index contributed by atoms with van der Waals surface area (Å²) < 4.78 is 5.46. The molecule has 0 bridgehead atoms. The van der Waals surface area contributed by atoms with Crippen LogP contribution in [0.25, 0.3) is 0 Å². The molecule has 6 nitrogen and oxygen atoms in total. The number of hydrogen-bond donors (Lipinski definition) is 1. The molecule has 1 atom stereocenters. The van der Waals surface area contributed by atoms with Gasteiger partial charge in [0.15, 0.2) is 0 Å². The molecule has 0 aliphatic carbocycles. The number of carbonyl (C=O) groups excluding carboxylic acids is 1. The molecule has 7 heteroatoms. The maximum absolute atomic E-state index is 12.6. The number of nitrogens with one attached hydrogen (secondary N) is 1. The predicted molar refractivity (Wildman–Crippen MR) is 119 cm³/mol. The van der Waals surface area contributed by atoms with Crippen molar-refractivity contribution in [3.8, 4) is 5.75 Å². The van der Waals surface area contributed by atoms with E-state index in [9.17, 15) is 4.79 Å². The van der Waals surface area contributed by atoms with Gasteiger partial charge in [0.2, 0.25) is 0 Å². The summed E-state index contributed by atoms with van der Waals surface area (Å²) in [5.74, 6) is 0.791. The number of halogens is 1. The zero-order chi connectivity index (χ0) is 21.0. The Morgan fingerprint density at radius 2 is 1.93 bits per heavy atom. The van der Waals surface area contributed by atoms with Crippen molar-refractivity contribution < 1.29 is 9.53 Å². The van der Waals surface area contributed by atoms with E-state index < -0.39 is 0 Å². The van der Waals surface area contributed by atoms with Gasteiger partial charge in [0.05, 0.1) is 12.8 Å². The molecule has 1 aliphatic rings. The summed E-state index contributed by atoms with van der Waals surface area (Å²) in [4.78, 5) is 18.6. The fraction of sp³-hybridized carbons (Fsp3) is 0.409. The Morgan fingerprint density at radius 3 is 2.59 bits per heavy atom. The highest BCUT2D eigenvalue weighted by molar-refractivity contribution is 6.30. The minimum Gasteiger partial charge on any atom is -0.495 e. The summed E-state index contributed by atoms with van der Waals surface area (Å²) in [6, 6.07) is 13.9. The number of rotatable bonds is 6. The Hall–Kier alpha value is -2.60. The van der Waals surface area contributed by atoms with Crippen LogP contribution in [0.4, 0.5) is 16.2 Å². The molecule has 1 heterocycles. The lowest BCUT2D eigenvalue weighted by Crippen LogP contribution is -2.44. The molecule has 1 fully saturated rings. The van der Waals surface area contributed by atoms with Gasteiger partial charge in [0, 0.05) is 57.5 Å². The SMILES string of the molecule is COc1ccc(Cl)cc1N1CCC(NC(=O)N(C)Cc2ccc(N(C)C)cc2)C1. The molecule has 29 heavy (non-hydrogen) atoms. The third-order valence-electron chi connectivity index (χ3n) is 5.22. The standard InChI is InChI=1S/C22H29ClN4O2/c1-25(2)19-8-5-16(6-9-19)14-26(3)22(28)24-18-11-12-27(15-18)20-13-17(23)7-10-21(20)29-4/h5-10,13,18H,11-12,14-15H2,1-4H3,(H,24,28). The first kappa shape index (κ1) is 21.1. The van der Waals surface area contributed by atoms with Crippen LogP contribution in [-0.4, -0.2) is 58.3 Å². The lowest BCUT2D eigenvalue weighted by Gasteiger charge is -2.23. The summed E-state index contributed by atoms with van der Waals surface area (Å²) >= 11 is 6.16. The molecule has 1 aliphatic heterocycles. The van der Waals surface area contributed by atoms with Gasteiger partial charge in [-0.3, -0.25) is 0 Å². The first-order valence-electron chi connectivity index (χ1n) is 9.73. The van der Waals surface area contributed by atoms with Crippen LogP contribution in [0, 0.1) is 0 Å². The van der Waals surface area contributed by atoms with Gasteiger partial charge < -0.3 is 24.8 Å². The van der Waals surface area contributed by atoms with E-state index in [0.717, 1.165) is 42.2 Å². The minimum atomic E-state index is -0.0633. The Morgan fingerprint density at radius 1 is 1.21 bits per heavy atom. The molecule has 2 aromatic carbocycles. The average Bonchev–Trinajstić information content (AvgIpc) is 3.16. The molecule has 1 saturated heterocycles. The van der Waals surface area contributed by atoms with Crippen molar-refractivity contribution >= 4 is 29.0 Å². The summed E-state index contributed by atoms with van der Waals surface area (Å²) in [5, 5.41) is 3.82. The second-order valence-corrected chi connectivity index (χ2v) is 8.05. The first-order chi connectivity index (χ1) is 13.9. The second kappa shape index (κ2) is 9.27. The van der Waals surface area contributed by atoms with Crippen LogP contribution in [0.5, 0.6) is 5.75 Å². The monoisotopic (exact) mass is 416 g/mol. The number of anilines is 2. The summed E-state index contributed by atoms with van der Waals surface area (Å²) in [6.45, 7) is 2.14. The average molecular weight is 417 g/mol. The van der Waals surface area contributed by atoms with Gasteiger partial charge in [-0.1, -0.05) is 23.7 Å². The molecule has 0 saturated carbocycles. The van der Waals surface area contributed by atoms with Crippen LogP contribution in [0.15, 0.2) is 42.5 Å². The maximum Gasteiger partial charge on any atom is 0.317 e. The molecule has 0 radical (unpaired) electrons. The fourth-order valence-electron chi connectivity index (χ4n) is 3.54. The molecule has 1 unspecified atom stereocenters. The second-order valence-electron chi connectivity index (χ2n) is 7.61. The van der Waals surface area contributed by atoms with Gasteiger partial charge >= 0.3 is 6.03 Å². The molecule has 156 valence electrons. The van der Waals surface area contributed by atoms with Gasteiger partial charge in [-0.05, 0) is 42.3 Å². The topological polar surface area (TPSA) is 48.1 Å².